The highest BCUT2D eigenvalue weighted by Crippen LogP contribution is 2.17. The molecule has 0 fully saturated rings. The van der Waals surface area contributed by atoms with E-state index >= 15 is 0 Å². The molecule has 0 spiro atoms. The molecule has 0 saturated heterocycles. The largest absolute Gasteiger partial charge is 0.337 e. The second kappa shape index (κ2) is 8.29. The van der Waals surface area contributed by atoms with Crippen molar-refractivity contribution in [2.24, 2.45) is 0 Å². The maximum Gasteiger partial charge on any atom is 0.242 e. The van der Waals surface area contributed by atoms with Crippen molar-refractivity contribution in [2.75, 3.05) is 18.0 Å². The summed E-state index contributed by atoms with van der Waals surface area (Å²) in [6, 6.07) is 17.5. The van der Waals surface area contributed by atoms with Crippen LogP contribution in [0.15, 0.2) is 54.6 Å². The zero-order valence-electron chi connectivity index (χ0n) is 14.5. The number of carbonyl (C=O) groups excluding carboxylic acids is 2. The summed E-state index contributed by atoms with van der Waals surface area (Å²) in [5.41, 5.74) is 2.90. The fraction of sp³-hybridized carbons (Fsp3) is 0.300. The lowest BCUT2D eigenvalue weighted by Gasteiger charge is -2.26. The first-order chi connectivity index (χ1) is 11.5. The van der Waals surface area contributed by atoms with Gasteiger partial charge in [0.05, 0.1) is 0 Å². The zero-order chi connectivity index (χ0) is 17.5. The van der Waals surface area contributed by atoms with Gasteiger partial charge in [-0.25, -0.2) is 0 Å². The van der Waals surface area contributed by atoms with Gasteiger partial charge in [-0.1, -0.05) is 42.5 Å². The summed E-state index contributed by atoms with van der Waals surface area (Å²) in [5.74, 6) is -0.192. The Morgan fingerprint density at radius 3 is 2.29 bits per heavy atom. The molecule has 0 unspecified atom stereocenters. The lowest BCUT2D eigenvalue weighted by Crippen LogP contribution is -2.42. The molecule has 2 aromatic carbocycles. The van der Waals surface area contributed by atoms with Gasteiger partial charge < -0.3 is 9.80 Å². The Labute approximate surface area is 143 Å². The summed E-state index contributed by atoms with van der Waals surface area (Å²) < 4.78 is 0. The van der Waals surface area contributed by atoms with Gasteiger partial charge in [-0.05, 0) is 37.1 Å². The molecule has 0 bridgehead atoms. The molecule has 2 rings (SSSR count). The molecule has 0 atom stereocenters. The van der Waals surface area contributed by atoms with E-state index in [-0.39, 0.29) is 18.4 Å². The van der Waals surface area contributed by atoms with Gasteiger partial charge in [0.2, 0.25) is 11.8 Å². The number of benzene rings is 2. The monoisotopic (exact) mass is 324 g/mol. The standard InChI is InChI=1S/C20H24N2O2/c1-4-21(14-18-10-6-5-7-11-18)20(24)15-22(17(3)23)19-12-8-9-16(2)13-19/h5-13H,4,14-15H2,1-3H3. The summed E-state index contributed by atoms with van der Waals surface area (Å²) >= 11 is 0. The van der Waals surface area contributed by atoms with Crippen LogP contribution in [0.25, 0.3) is 0 Å². The first-order valence-electron chi connectivity index (χ1n) is 8.17. The number of hydrogen-bond donors (Lipinski definition) is 0. The minimum atomic E-state index is -0.135. The van der Waals surface area contributed by atoms with Crippen LogP contribution in [0.5, 0.6) is 0 Å². The summed E-state index contributed by atoms with van der Waals surface area (Å²) in [6.45, 7) is 6.62. The number of anilines is 1. The van der Waals surface area contributed by atoms with Gasteiger partial charge >= 0.3 is 0 Å². The van der Waals surface area contributed by atoms with Gasteiger partial charge in [-0.2, -0.15) is 0 Å². The second-order valence-electron chi connectivity index (χ2n) is 5.84. The first kappa shape index (κ1) is 17.7. The van der Waals surface area contributed by atoms with Gasteiger partial charge in [-0.3, -0.25) is 9.59 Å². The van der Waals surface area contributed by atoms with Gasteiger partial charge in [-0.15, -0.1) is 0 Å². The van der Waals surface area contributed by atoms with Crippen molar-refractivity contribution < 1.29 is 9.59 Å². The van der Waals surface area contributed by atoms with E-state index in [0.29, 0.717) is 13.1 Å². The molecule has 0 aliphatic heterocycles. The normalized spacial score (nSPS) is 10.3. The van der Waals surface area contributed by atoms with Crippen LogP contribution in [0, 0.1) is 6.92 Å². The van der Waals surface area contributed by atoms with Crippen LogP contribution in [0.2, 0.25) is 0 Å². The number of nitrogens with zero attached hydrogens (tertiary/aromatic N) is 2. The van der Waals surface area contributed by atoms with Crippen molar-refractivity contribution in [3.8, 4) is 0 Å². The Bertz CT molecular complexity index is 698. The number of amides is 2. The highest BCUT2D eigenvalue weighted by atomic mass is 16.2. The molecular weight excluding hydrogens is 300 g/mol. The SMILES string of the molecule is CCN(Cc1ccccc1)C(=O)CN(C(C)=O)c1cccc(C)c1. The number of hydrogen-bond acceptors (Lipinski definition) is 2. The minimum absolute atomic E-state index is 0.0550. The highest BCUT2D eigenvalue weighted by Gasteiger charge is 2.20. The third-order valence-electron chi connectivity index (χ3n) is 3.94. The molecule has 0 aliphatic rings. The molecule has 0 radical (unpaired) electrons. The molecule has 2 amide bonds. The summed E-state index contributed by atoms with van der Waals surface area (Å²) in [5, 5.41) is 0. The molecule has 0 aromatic heterocycles. The van der Waals surface area contributed by atoms with Crippen molar-refractivity contribution in [1.82, 2.24) is 4.90 Å². The van der Waals surface area contributed by atoms with Gasteiger partial charge in [0.1, 0.15) is 6.54 Å². The van der Waals surface area contributed by atoms with E-state index in [0.717, 1.165) is 16.8 Å². The molecule has 24 heavy (non-hydrogen) atoms. The predicted molar refractivity (Wildman–Crippen MR) is 96.7 cm³/mol. The van der Waals surface area contributed by atoms with Crippen LogP contribution in [0.3, 0.4) is 0 Å². The van der Waals surface area contributed by atoms with Crippen LogP contribution >= 0.6 is 0 Å². The molecule has 126 valence electrons. The van der Waals surface area contributed by atoms with E-state index in [1.54, 1.807) is 4.90 Å². The predicted octanol–water partition coefficient (Wildman–Crippen LogP) is 3.40. The van der Waals surface area contributed by atoms with E-state index in [9.17, 15) is 9.59 Å². The smallest absolute Gasteiger partial charge is 0.242 e. The molecule has 4 heteroatoms. The quantitative estimate of drug-likeness (QED) is 0.817. The Kier molecular flexibility index (Phi) is 6.13. The number of likely N-dealkylation sites (N-methyl/N-ethyl adjacent to an activating group) is 1. The lowest BCUT2D eigenvalue weighted by atomic mass is 10.2. The Morgan fingerprint density at radius 2 is 1.71 bits per heavy atom. The third kappa shape index (κ3) is 4.69. The average molecular weight is 324 g/mol. The minimum Gasteiger partial charge on any atom is -0.337 e. The second-order valence-corrected chi connectivity index (χ2v) is 5.84. The van der Waals surface area contributed by atoms with Gasteiger partial charge in [0.15, 0.2) is 0 Å². The molecule has 0 N–H and O–H groups in total. The maximum atomic E-state index is 12.7. The van der Waals surface area contributed by atoms with Crippen molar-refractivity contribution in [3.63, 3.8) is 0 Å². The van der Waals surface area contributed by atoms with Crippen molar-refractivity contribution in [2.45, 2.75) is 27.3 Å². The van der Waals surface area contributed by atoms with E-state index in [2.05, 4.69) is 0 Å². The summed E-state index contributed by atoms with van der Waals surface area (Å²) in [7, 11) is 0. The van der Waals surface area contributed by atoms with Crippen molar-refractivity contribution >= 4 is 17.5 Å². The number of carbonyl (C=O) groups is 2. The highest BCUT2D eigenvalue weighted by molar-refractivity contribution is 5.97. The van der Waals surface area contributed by atoms with Gasteiger partial charge in [0, 0.05) is 25.7 Å². The number of rotatable bonds is 6. The van der Waals surface area contributed by atoms with Crippen LogP contribution in [-0.4, -0.2) is 29.8 Å². The van der Waals surface area contributed by atoms with Crippen molar-refractivity contribution in [1.29, 1.82) is 0 Å². The fourth-order valence-corrected chi connectivity index (χ4v) is 2.60. The Morgan fingerprint density at radius 1 is 1.00 bits per heavy atom. The molecule has 2 aromatic rings. The topological polar surface area (TPSA) is 40.6 Å². The molecular formula is C20H24N2O2. The van der Waals surface area contributed by atoms with Crippen LogP contribution in [0.1, 0.15) is 25.0 Å². The molecule has 0 aliphatic carbocycles. The summed E-state index contributed by atoms with van der Waals surface area (Å²) in [6.07, 6.45) is 0. The Balaban J connectivity index is 2.12. The van der Waals surface area contributed by atoms with E-state index in [4.69, 9.17) is 0 Å². The average Bonchev–Trinajstić information content (AvgIpc) is 2.58. The van der Waals surface area contributed by atoms with E-state index < -0.39 is 0 Å². The van der Waals surface area contributed by atoms with E-state index in [1.807, 2.05) is 68.4 Å². The maximum absolute atomic E-state index is 12.7. The van der Waals surface area contributed by atoms with Crippen LogP contribution in [0.4, 0.5) is 5.69 Å². The van der Waals surface area contributed by atoms with Crippen LogP contribution < -0.4 is 4.90 Å². The fourth-order valence-electron chi connectivity index (χ4n) is 2.60. The third-order valence-corrected chi connectivity index (χ3v) is 3.94. The van der Waals surface area contributed by atoms with Crippen molar-refractivity contribution in [3.05, 3.63) is 65.7 Å². The van der Waals surface area contributed by atoms with E-state index in [1.165, 1.54) is 11.8 Å². The summed E-state index contributed by atoms with van der Waals surface area (Å²) in [4.78, 5) is 28.0. The first-order valence-corrected chi connectivity index (χ1v) is 8.17. The zero-order valence-corrected chi connectivity index (χ0v) is 14.5. The molecule has 0 saturated carbocycles. The van der Waals surface area contributed by atoms with Crippen LogP contribution in [-0.2, 0) is 16.1 Å². The molecule has 4 nitrogen and oxygen atoms in total. The Hall–Kier alpha value is -2.62. The molecule has 0 heterocycles. The van der Waals surface area contributed by atoms with Gasteiger partial charge in [0.25, 0.3) is 0 Å². The number of aryl methyl sites for hydroxylation is 1. The lowest BCUT2D eigenvalue weighted by molar-refractivity contribution is -0.131.